The highest BCUT2D eigenvalue weighted by Crippen LogP contribution is 2.40. The SMILES string of the molecule is COCCCNC(=O)/C=C(\C)c1cc2c(-c3ccc(Br)cc3)coc2c(C)c1OC. The van der Waals surface area contributed by atoms with E-state index in [1.54, 1.807) is 26.6 Å². The summed E-state index contributed by atoms with van der Waals surface area (Å²) in [7, 11) is 3.28. The second-order valence-corrected chi connectivity index (χ2v) is 8.00. The van der Waals surface area contributed by atoms with Crippen LogP contribution in [0.2, 0.25) is 0 Å². The van der Waals surface area contributed by atoms with Crippen molar-refractivity contribution in [1.29, 1.82) is 0 Å². The number of benzene rings is 2. The van der Waals surface area contributed by atoms with E-state index in [9.17, 15) is 4.79 Å². The van der Waals surface area contributed by atoms with Gasteiger partial charge in [-0.2, -0.15) is 0 Å². The molecule has 5 nitrogen and oxygen atoms in total. The highest BCUT2D eigenvalue weighted by molar-refractivity contribution is 9.10. The van der Waals surface area contributed by atoms with Crippen LogP contribution in [0.15, 0.2) is 51.6 Å². The van der Waals surface area contributed by atoms with Gasteiger partial charge in [-0.15, -0.1) is 0 Å². The number of ether oxygens (including phenoxy) is 2. The number of nitrogens with one attached hydrogen (secondary N) is 1. The van der Waals surface area contributed by atoms with Gasteiger partial charge in [0.1, 0.15) is 11.3 Å². The van der Waals surface area contributed by atoms with Crippen molar-refractivity contribution in [3.63, 3.8) is 0 Å². The van der Waals surface area contributed by atoms with E-state index in [1.165, 1.54) is 0 Å². The Morgan fingerprint density at radius 1 is 1.23 bits per heavy atom. The summed E-state index contributed by atoms with van der Waals surface area (Å²) in [6.07, 6.45) is 4.15. The molecule has 0 spiro atoms. The number of halogens is 1. The molecule has 0 saturated heterocycles. The highest BCUT2D eigenvalue weighted by atomic mass is 79.9. The van der Waals surface area contributed by atoms with Crippen molar-refractivity contribution in [1.82, 2.24) is 5.32 Å². The molecule has 1 N–H and O–H groups in total. The molecule has 3 aromatic rings. The third kappa shape index (κ3) is 4.77. The van der Waals surface area contributed by atoms with Crippen molar-refractivity contribution in [2.24, 2.45) is 0 Å². The standard InChI is InChI=1S/C24H26BrNO4/c1-15(12-22(27)26-10-5-11-28-3)19-13-20-21(17-6-8-18(25)9-7-17)14-30-24(20)16(2)23(19)29-4/h6-9,12-14H,5,10-11H2,1-4H3,(H,26,27)/b15-12+. The number of carbonyl (C=O) groups excluding carboxylic acids is 1. The van der Waals surface area contributed by atoms with E-state index in [1.807, 2.05) is 44.2 Å². The quantitative estimate of drug-likeness (QED) is 0.336. The highest BCUT2D eigenvalue weighted by Gasteiger charge is 2.18. The van der Waals surface area contributed by atoms with Crippen molar-refractivity contribution in [2.75, 3.05) is 27.4 Å². The van der Waals surface area contributed by atoms with E-state index in [0.717, 1.165) is 49.7 Å². The predicted molar refractivity (Wildman–Crippen MR) is 124 cm³/mol. The first kappa shape index (κ1) is 22.1. The van der Waals surface area contributed by atoms with Crippen LogP contribution in [-0.4, -0.2) is 33.3 Å². The lowest BCUT2D eigenvalue weighted by atomic mass is 9.96. The van der Waals surface area contributed by atoms with Crippen LogP contribution in [0.5, 0.6) is 5.75 Å². The molecule has 0 aliphatic rings. The Balaban J connectivity index is 2.01. The fourth-order valence-corrected chi connectivity index (χ4v) is 3.74. The van der Waals surface area contributed by atoms with Gasteiger partial charge in [0.2, 0.25) is 5.91 Å². The van der Waals surface area contributed by atoms with Crippen LogP contribution < -0.4 is 10.1 Å². The Morgan fingerprint density at radius 3 is 2.63 bits per heavy atom. The molecule has 1 heterocycles. The maximum absolute atomic E-state index is 12.3. The maximum atomic E-state index is 12.3. The largest absolute Gasteiger partial charge is 0.496 e. The molecule has 0 bridgehead atoms. The van der Waals surface area contributed by atoms with E-state index >= 15 is 0 Å². The Labute approximate surface area is 185 Å². The summed E-state index contributed by atoms with van der Waals surface area (Å²) >= 11 is 3.48. The van der Waals surface area contributed by atoms with Crippen molar-refractivity contribution in [2.45, 2.75) is 20.3 Å². The molecule has 0 aliphatic carbocycles. The topological polar surface area (TPSA) is 60.7 Å². The Hall–Kier alpha value is -2.57. The second-order valence-electron chi connectivity index (χ2n) is 7.08. The molecule has 0 saturated carbocycles. The summed E-state index contributed by atoms with van der Waals surface area (Å²) in [5.41, 5.74) is 5.44. The first-order chi connectivity index (χ1) is 14.5. The van der Waals surface area contributed by atoms with Crippen LogP contribution in [-0.2, 0) is 9.53 Å². The summed E-state index contributed by atoms with van der Waals surface area (Å²) < 4.78 is 17.6. The minimum atomic E-state index is -0.135. The second kappa shape index (κ2) is 9.96. The third-order valence-electron chi connectivity index (χ3n) is 5.00. The average molecular weight is 472 g/mol. The van der Waals surface area contributed by atoms with Crippen LogP contribution in [0.1, 0.15) is 24.5 Å². The summed E-state index contributed by atoms with van der Waals surface area (Å²) in [4.78, 5) is 12.3. The van der Waals surface area contributed by atoms with Gasteiger partial charge < -0.3 is 19.2 Å². The zero-order valence-corrected chi connectivity index (χ0v) is 19.3. The summed E-state index contributed by atoms with van der Waals surface area (Å²) in [5, 5.41) is 3.87. The third-order valence-corrected chi connectivity index (χ3v) is 5.53. The minimum absolute atomic E-state index is 0.135. The number of amides is 1. The summed E-state index contributed by atoms with van der Waals surface area (Å²) in [5.74, 6) is 0.573. The number of allylic oxidation sites excluding steroid dienone is 1. The number of carbonyl (C=O) groups is 1. The Kier molecular flexibility index (Phi) is 7.34. The Morgan fingerprint density at radius 2 is 1.97 bits per heavy atom. The Bertz CT molecular complexity index is 1070. The number of hydrogen-bond acceptors (Lipinski definition) is 4. The van der Waals surface area contributed by atoms with Crippen LogP contribution >= 0.6 is 15.9 Å². The van der Waals surface area contributed by atoms with Gasteiger partial charge in [0, 0.05) is 52.9 Å². The van der Waals surface area contributed by atoms with Gasteiger partial charge in [0.25, 0.3) is 0 Å². The minimum Gasteiger partial charge on any atom is -0.496 e. The van der Waals surface area contributed by atoms with E-state index in [0.29, 0.717) is 18.9 Å². The predicted octanol–water partition coefficient (Wildman–Crippen LogP) is 5.74. The van der Waals surface area contributed by atoms with Crippen molar-refractivity contribution in [3.05, 3.63) is 58.3 Å². The molecule has 158 valence electrons. The normalized spacial score (nSPS) is 11.7. The molecule has 0 fully saturated rings. The maximum Gasteiger partial charge on any atom is 0.244 e. The lowest BCUT2D eigenvalue weighted by Crippen LogP contribution is -2.23. The van der Waals surface area contributed by atoms with E-state index in [-0.39, 0.29) is 5.91 Å². The number of hydrogen-bond donors (Lipinski definition) is 1. The van der Waals surface area contributed by atoms with Gasteiger partial charge in [0.15, 0.2) is 0 Å². The van der Waals surface area contributed by atoms with Gasteiger partial charge in [-0.25, -0.2) is 0 Å². The molecule has 1 amide bonds. The van der Waals surface area contributed by atoms with Crippen LogP contribution in [0.4, 0.5) is 0 Å². The van der Waals surface area contributed by atoms with E-state index in [4.69, 9.17) is 13.9 Å². The van der Waals surface area contributed by atoms with Crippen LogP contribution in [0.25, 0.3) is 27.7 Å². The first-order valence-electron chi connectivity index (χ1n) is 9.76. The van der Waals surface area contributed by atoms with Gasteiger partial charge in [0.05, 0.1) is 13.4 Å². The zero-order valence-electron chi connectivity index (χ0n) is 17.7. The number of furan rings is 1. The first-order valence-corrected chi connectivity index (χ1v) is 10.6. The molecule has 3 rings (SSSR count). The fraction of sp³-hybridized carbons (Fsp3) is 0.292. The number of fused-ring (bicyclic) bond motifs is 1. The lowest BCUT2D eigenvalue weighted by molar-refractivity contribution is -0.116. The fourth-order valence-electron chi connectivity index (χ4n) is 3.48. The van der Waals surface area contributed by atoms with E-state index < -0.39 is 0 Å². The number of methoxy groups -OCH3 is 2. The molecule has 0 radical (unpaired) electrons. The van der Waals surface area contributed by atoms with Gasteiger partial charge in [-0.1, -0.05) is 28.1 Å². The van der Waals surface area contributed by atoms with Crippen molar-refractivity contribution >= 4 is 38.4 Å². The average Bonchev–Trinajstić information content (AvgIpc) is 3.16. The van der Waals surface area contributed by atoms with Gasteiger partial charge >= 0.3 is 0 Å². The van der Waals surface area contributed by atoms with Crippen LogP contribution in [0.3, 0.4) is 0 Å². The van der Waals surface area contributed by atoms with Gasteiger partial charge in [-0.3, -0.25) is 4.79 Å². The smallest absolute Gasteiger partial charge is 0.244 e. The molecule has 30 heavy (non-hydrogen) atoms. The monoisotopic (exact) mass is 471 g/mol. The molecule has 1 aromatic heterocycles. The molecule has 6 heteroatoms. The van der Waals surface area contributed by atoms with E-state index in [2.05, 4.69) is 21.2 Å². The van der Waals surface area contributed by atoms with Gasteiger partial charge in [-0.05, 0) is 49.6 Å². The molecular weight excluding hydrogens is 446 g/mol. The molecule has 2 aromatic carbocycles. The lowest BCUT2D eigenvalue weighted by Gasteiger charge is -2.13. The molecule has 0 aliphatic heterocycles. The molecule has 0 atom stereocenters. The van der Waals surface area contributed by atoms with Crippen molar-refractivity contribution in [3.8, 4) is 16.9 Å². The summed E-state index contributed by atoms with van der Waals surface area (Å²) in [6, 6.07) is 10.1. The zero-order chi connectivity index (χ0) is 21.7. The van der Waals surface area contributed by atoms with Crippen LogP contribution in [0, 0.1) is 6.92 Å². The van der Waals surface area contributed by atoms with Crippen molar-refractivity contribution < 1.29 is 18.7 Å². The number of rotatable bonds is 8. The molecule has 0 unspecified atom stereocenters. The number of aryl methyl sites for hydroxylation is 1. The summed E-state index contributed by atoms with van der Waals surface area (Å²) in [6.45, 7) is 5.07. The molecular formula is C24H26BrNO4.